The smallest absolute Gasteiger partial charge is 0.411 e. The molecule has 1 aliphatic heterocycles. The highest BCUT2D eigenvalue weighted by Crippen LogP contribution is 2.31. The van der Waals surface area contributed by atoms with E-state index in [1.807, 2.05) is 6.07 Å². The Labute approximate surface area is 92.2 Å². The van der Waals surface area contributed by atoms with Gasteiger partial charge < -0.3 is 9.84 Å². The average Bonchev–Trinajstić information content (AvgIpc) is 2.57. The van der Waals surface area contributed by atoms with Gasteiger partial charge in [-0.3, -0.25) is 4.90 Å². The van der Waals surface area contributed by atoms with E-state index in [1.54, 1.807) is 24.3 Å². The van der Waals surface area contributed by atoms with Gasteiger partial charge in [0.05, 0.1) is 0 Å². The van der Waals surface area contributed by atoms with Crippen LogP contribution in [0.4, 0.5) is 4.79 Å². The van der Waals surface area contributed by atoms with Crippen LogP contribution in [0.3, 0.4) is 0 Å². The molecule has 2 atom stereocenters. The molecule has 2 rings (SSSR count). The molecule has 1 aromatic carbocycles. The first-order valence-corrected chi connectivity index (χ1v) is 4.88. The number of cyclic esters (lactones) is 1. The van der Waals surface area contributed by atoms with Gasteiger partial charge in [-0.2, -0.15) is 0 Å². The molecule has 1 aliphatic rings. The standard InChI is InChI=1S/C11H11NO4/c1-7-10(13)16-9(12(7)11(14)15)8-5-3-2-4-6-8/h2-7,9H,1H3,(H,14,15)/t7-,9-/m1/s1. The third-order valence-electron chi connectivity index (χ3n) is 2.54. The molecule has 16 heavy (non-hydrogen) atoms. The van der Waals surface area contributed by atoms with Gasteiger partial charge >= 0.3 is 12.1 Å². The minimum Gasteiger partial charge on any atom is -0.465 e. The molecule has 1 saturated heterocycles. The van der Waals surface area contributed by atoms with Crippen LogP contribution in [0.2, 0.25) is 0 Å². The van der Waals surface area contributed by atoms with E-state index in [-0.39, 0.29) is 0 Å². The summed E-state index contributed by atoms with van der Waals surface area (Å²) < 4.78 is 5.04. The maximum atomic E-state index is 11.3. The summed E-state index contributed by atoms with van der Waals surface area (Å²) in [6, 6.07) is 8.05. The van der Waals surface area contributed by atoms with Crippen molar-refractivity contribution in [2.24, 2.45) is 0 Å². The van der Waals surface area contributed by atoms with Crippen LogP contribution in [0.15, 0.2) is 30.3 Å². The minimum absolute atomic E-state index is 0.517. The summed E-state index contributed by atoms with van der Waals surface area (Å²) in [5.41, 5.74) is 0.655. The molecule has 0 aromatic heterocycles. The number of nitrogens with zero attached hydrogens (tertiary/aromatic N) is 1. The van der Waals surface area contributed by atoms with Crippen molar-refractivity contribution in [1.82, 2.24) is 4.90 Å². The van der Waals surface area contributed by atoms with E-state index < -0.39 is 24.3 Å². The minimum atomic E-state index is -1.16. The van der Waals surface area contributed by atoms with Crippen LogP contribution in [-0.4, -0.2) is 28.1 Å². The second-order valence-corrected chi connectivity index (χ2v) is 3.57. The van der Waals surface area contributed by atoms with Crippen molar-refractivity contribution in [2.45, 2.75) is 19.2 Å². The zero-order valence-corrected chi connectivity index (χ0v) is 8.66. The van der Waals surface area contributed by atoms with E-state index >= 15 is 0 Å². The Hall–Kier alpha value is -2.04. The molecule has 0 unspecified atom stereocenters. The molecule has 0 aliphatic carbocycles. The van der Waals surface area contributed by atoms with Crippen LogP contribution < -0.4 is 0 Å². The molecule has 0 spiro atoms. The van der Waals surface area contributed by atoms with Crippen LogP contribution in [0.25, 0.3) is 0 Å². The Balaban J connectivity index is 2.34. The third-order valence-corrected chi connectivity index (χ3v) is 2.54. The number of amides is 1. The zero-order valence-electron chi connectivity index (χ0n) is 8.66. The molecule has 0 radical (unpaired) electrons. The van der Waals surface area contributed by atoms with Crippen molar-refractivity contribution < 1.29 is 19.4 Å². The highest BCUT2D eigenvalue weighted by molar-refractivity contribution is 5.83. The predicted molar refractivity (Wildman–Crippen MR) is 54.6 cm³/mol. The summed E-state index contributed by atoms with van der Waals surface area (Å²) in [5.74, 6) is -0.517. The number of carboxylic acid groups (broad SMARTS) is 1. The Morgan fingerprint density at radius 1 is 1.38 bits per heavy atom. The van der Waals surface area contributed by atoms with Gasteiger partial charge in [0, 0.05) is 5.56 Å². The number of hydrogen-bond acceptors (Lipinski definition) is 3. The second-order valence-electron chi connectivity index (χ2n) is 3.57. The van der Waals surface area contributed by atoms with E-state index in [2.05, 4.69) is 0 Å². The Kier molecular flexibility index (Phi) is 2.52. The lowest BCUT2D eigenvalue weighted by Crippen LogP contribution is -2.36. The molecule has 1 aromatic rings. The summed E-state index contributed by atoms with van der Waals surface area (Å²) >= 11 is 0. The third kappa shape index (κ3) is 1.60. The number of esters is 1. The molecular weight excluding hydrogens is 210 g/mol. The van der Waals surface area contributed by atoms with Gasteiger partial charge in [0.1, 0.15) is 6.04 Å². The van der Waals surface area contributed by atoms with Crippen LogP contribution in [0, 0.1) is 0 Å². The van der Waals surface area contributed by atoms with E-state index in [1.165, 1.54) is 6.92 Å². The first-order chi connectivity index (χ1) is 7.61. The fourth-order valence-corrected chi connectivity index (χ4v) is 1.69. The molecule has 0 bridgehead atoms. The second kappa shape index (κ2) is 3.84. The largest absolute Gasteiger partial charge is 0.465 e. The highest BCUT2D eigenvalue weighted by atomic mass is 16.6. The van der Waals surface area contributed by atoms with E-state index in [4.69, 9.17) is 9.84 Å². The Morgan fingerprint density at radius 3 is 2.56 bits per heavy atom. The molecule has 0 saturated carbocycles. The van der Waals surface area contributed by atoms with Crippen LogP contribution in [0.5, 0.6) is 0 Å². The number of carbonyl (C=O) groups is 2. The Morgan fingerprint density at radius 2 is 2.00 bits per heavy atom. The van der Waals surface area contributed by atoms with Crippen LogP contribution >= 0.6 is 0 Å². The highest BCUT2D eigenvalue weighted by Gasteiger charge is 2.43. The van der Waals surface area contributed by atoms with Gasteiger partial charge in [0.15, 0.2) is 0 Å². The monoisotopic (exact) mass is 221 g/mol. The first-order valence-electron chi connectivity index (χ1n) is 4.88. The van der Waals surface area contributed by atoms with E-state index in [0.717, 1.165) is 4.90 Å². The van der Waals surface area contributed by atoms with E-state index in [9.17, 15) is 9.59 Å². The van der Waals surface area contributed by atoms with Crippen molar-refractivity contribution >= 4 is 12.1 Å². The van der Waals surface area contributed by atoms with Crippen molar-refractivity contribution in [2.75, 3.05) is 0 Å². The predicted octanol–water partition coefficient (Wildman–Crippen LogP) is 1.61. The number of ether oxygens (including phenoxy) is 1. The van der Waals surface area contributed by atoms with Gasteiger partial charge in [-0.25, -0.2) is 9.59 Å². The van der Waals surface area contributed by atoms with Crippen molar-refractivity contribution in [3.05, 3.63) is 35.9 Å². The fourth-order valence-electron chi connectivity index (χ4n) is 1.69. The maximum absolute atomic E-state index is 11.3. The topological polar surface area (TPSA) is 66.8 Å². The first kappa shape index (κ1) is 10.5. The summed E-state index contributed by atoms with van der Waals surface area (Å²) in [5, 5.41) is 9.03. The molecule has 84 valence electrons. The molecule has 5 nitrogen and oxygen atoms in total. The molecule has 1 fully saturated rings. The van der Waals surface area contributed by atoms with E-state index in [0.29, 0.717) is 5.56 Å². The van der Waals surface area contributed by atoms with Gasteiger partial charge in [-0.15, -0.1) is 0 Å². The van der Waals surface area contributed by atoms with Crippen LogP contribution in [-0.2, 0) is 9.53 Å². The zero-order chi connectivity index (χ0) is 11.7. The summed E-state index contributed by atoms with van der Waals surface area (Å²) in [7, 11) is 0. The van der Waals surface area contributed by atoms with Gasteiger partial charge in [-0.1, -0.05) is 30.3 Å². The normalized spacial score (nSPS) is 24.3. The number of hydrogen-bond donors (Lipinski definition) is 1. The summed E-state index contributed by atoms with van der Waals surface area (Å²) in [6.07, 6.45) is -1.99. The lowest BCUT2D eigenvalue weighted by molar-refractivity contribution is -0.142. The lowest BCUT2D eigenvalue weighted by Gasteiger charge is -2.21. The van der Waals surface area contributed by atoms with Crippen molar-refractivity contribution in [3.63, 3.8) is 0 Å². The van der Waals surface area contributed by atoms with Gasteiger partial charge in [0.25, 0.3) is 0 Å². The maximum Gasteiger partial charge on any atom is 0.411 e. The molecule has 1 amide bonds. The van der Waals surface area contributed by atoms with Gasteiger partial charge in [0.2, 0.25) is 6.23 Å². The van der Waals surface area contributed by atoms with Crippen LogP contribution in [0.1, 0.15) is 18.7 Å². The van der Waals surface area contributed by atoms with Gasteiger partial charge in [-0.05, 0) is 6.92 Å². The summed E-state index contributed by atoms with van der Waals surface area (Å²) in [4.78, 5) is 23.4. The number of benzene rings is 1. The molecule has 1 N–H and O–H groups in total. The average molecular weight is 221 g/mol. The molecular formula is C11H11NO4. The Bertz CT molecular complexity index is 417. The summed E-state index contributed by atoms with van der Waals surface area (Å²) in [6.45, 7) is 1.51. The number of carbonyl (C=O) groups excluding carboxylic acids is 1. The number of rotatable bonds is 1. The molecule has 5 heteroatoms. The van der Waals surface area contributed by atoms with Crippen molar-refractivity contribution in [3.8, 4) is 0 Å². The lowest BCUT2D eigenvalue weighted by atomic mass is 10.2. The quantitative estimate of drug-likeness (QED) is 0.731. The fraction of sp³-hybridized carbons (Fsp3) is 0.273. The SMILES string of the molecule is C[C@@H]1C(=O)O[C@H](c2ccccc2)N1C(=O)O. The van der Waals surface area contributed by atoms with Crippen molar-refractivity contribution in [1.29, 1.82) is 0 Å². The molecule has 1 heterocycles.